The van der Waals surface area contributed by atoms with Gasteiger partial charge in [-0.3, -0.25) is 5.32 Å². The first kappa shape index (κ1) is 13.3. The molecule has 0 saturated heterocycles. The molecular weight excluding hydrogens is 218 g/mol. The van der Waals surface area contributed by atoms with Gasteiger partial charge in [-0.05, 0) is 19.4 Å². The maximum atomic E-state index is 10.7. The zero-order valence-corrected chi connectivity index (χ0v) is 10.1. The zero-order valence-electron chi connectivity index (χ0n) is 10.1. The summed E-state index contributed by atoms with van der Waals surface area (Å²) < 4.78 is 5.11. The Kier molecular flexibility index (Phi) is 4.80. The number of carboxylic acids is 1. The van der Waals surface area contributed by atoms with Crippen molar-refractivity contribution in [3.8, 4) is 12.3 Å². The fourth-order valence-corrected chi connectivity index (χ4v) is 1.57. The molecule has 0 fully saturated rings. The number of carboxylic acid groups (broad SMARTS) is 1. The lowest BCUT2D eigenvalue weighted by Crippen LogP contribution is -2.26. The fourth-order valence-electron chi connectivity index (χ4n) is 1.57. The van der Waals surface area contributed by atoms with E-state index in [2.05, 4.69) is 18.2 Å². The molecule has 0 saturated carbocycles. The average molecular weight is 235 g/mol. The third-order valence-corrected chi connectivity index (χ3v) is 2.55. The van der Waals surface area contributed by atoms with Crippen molar-refractivity contribution in [1.29, 1.82) is 0 Å². The molecule has 0 amide bonds. The molecule has 2 N–H and O–H groups in total. The second kappa shape index (κ2) is 6.12. The highest BCUT2D eigenvalue weighted by molar-refractivity contribution is 5.84. The van der Waals surface area contributed by atoms with E-state index in [4.69, 9.17) is 15.9 Å². The predicted molar refractivity (Wildman–Crippen MR) is 64.8 cm³/mol. The van der Waals surface area contributed by atoms with Crippen LogP contribution in [0.5, 0.6) is 0 Å². The molecule has 0 spiro atoms. The Balaban J connectivity index is 2.63. The highest BCUT2D eigenvalue weighted by Gasteiger charge is 2.13. The van der Waals surface area contributed by atoms with Crippen molar-refractivity contribution in [2.45, 2.75) is 39.3 Å². The van der Waals surface area contributed by atoms with Crippen LogP contribution in [-0.2, 0) is 6.54 Å². The molecule has 0 aliphatic heterocycles. The zero-order chi connectivity index (χ0) is 12.8. The molecule has 4 heteroatoms. The number of hydrogen-bond acceptors (Lipinski definition) is 3. The lowest BCUT2D eigenvalue weighted by Gasteiger charge is -2.10. The molecule has 0 aliphatic carbocycles. The van der Waals surface area contributed by atoms with Crippen LogP contribution in [0.25, 0.3) is 0 Å². The molecule has 4 nitrogen and oxygen atoms in total. The van der Waals surface area contributed by atoms with Gasteiger partial charge in [0.15, 0.2) is 0 Å². The van der Waals surface area contributed by atoms with Crippen LogP contribution in [-0.4, -0.2) is 17.1 Å². The van der Waals surface area contributed by atoms with Gasteiger partial charge in [-0.15, -0.1) is 6.42 Å². The molecule has 17 heavy (non-hydrogen) atoms. The Morgan fingerprint density at radius 1 is 1.71 bits per heavy atom. The quantitative estimate of drug-likeness (QED) is 0.742. The van der Waals surface area contributed by atoms with Crippen molar-refractivity contribution >= 4 is 5.97 Å². The van der Waals surface area contributed by atoms with E-state index in [0.29, 0.717) is 12.3 Å². The summed E-state index contributed by atoms with van der Waals surface area (Å²) in [5, 5.41) is 12.0. The van der Waals surface area contributed by atoms with Crippen LogP contribution in [0.3, 0.4) is 0 Å². The number of hydrogen-bond donors (Lipinski definition) is 2. The maximum Gasteiger partial charge on any atom is 0.371 e. The van der Waals surface area contributed by atoms with Crippen LogP contribution < -0.4 is 5.32 Å². The summed E-state index contributed by atoms with van der Waals surface area (Å²) in [4.78, 5) is 10.7. The third kappa shape index (κ3) is 3.65. The summed E-state index contributed by atoms with van der Waals surface area (Å²) in [6.45, 7) is 4.34. The Morgan fingerprint density at radius 3 is 2.88 bits per heavy atom. The second-order valence-electron chi connectivity index (χ2n) is 3.89. The number of furan rings is 1. The third-order valence-electron chi connectivity index (χ3n) is 2.55. The van der Waals surface area contributed by atoms with Gasteiger partial charge in [0, 0.05) is 12.1 Å². The van der Waals surface area contributed by atoms with Gasteiger partial charge in [0.25, 0.3) is 0 Å². The van der Waals surface area contributed by atoms with E-state index in [9.17, 15) is 4.79 Å². The largest absolute Gasteiger partial charge is 0.475 e. The standard InChI is InChI=1S/C13H17NO3/c1-4-6-11(5-2)14-8-10-7-12(13(15)16)17-9(10)3/h2,7,11,14H,4,6,8H2,1,3H3,(H,15,16). The fraction of sp³-hybridized carbons (Fsp3) is 0.462. The van der Waals surface area contributed by atoms with E-state index in [1.165, 1.54) is 6.07 Å². The summed E-state index contributed by atoms with van der Waals surface area (Å²) in [5.74, 6) is 2.19. The minimum absolute atomic E-state index is 0.0163. The predicted octanol–water partition coefficient (Wildman–Crippen LogP) is 2.18. The Labute approximate surface area is 101 Å². The van der Waals surface area contributed by atoms with Crippen molar-refractivity contribution in [3.05, 3.63) is 23.2 Å². The number of aryl methyl sites for hydroxylation is 1. The van der Waals surface area contributed by atoms with Crippen LogP contribution in [0.2, 0.25) is 0 Å². The molecule has 1 aromatic rings. The normalized spacial score (nSPS) is 12.1. The molecule has 92 valence electrons. The number of terminal acetylenes is 1. The van der Waals surface area contributed by atoms with Gasteiger partial charge < -0.3 is 9.52 Å². The summed E-state index contributed by atoms with van der Waals surface area (Å²) in [6, 6.07) is 1.55. The van der Waals surface area contributed by atoms with Crippen LogP contribution in [0.15, 0.2) is 10.5 Å². The van der Waals surface area contributed by atoms with Crippen LogP contribution in [0.4, 0.5) is 0 Å². The van der Waals surface area contributed by atoms with Gasteiger partial charge >= 0.3 is 5.97 Å². The number of carbonyl (C=O) groups is 1. The lowest BCUT2D eigenvalue weighted by molar-refractivity contribution is 0.0661. The van der Waals surface area contributed by atoms with E-state index < -0.39 is 5.97 Å². The summed E-state index contributed by atoms with van der Waals surface area (Å²) >= 11 is 0. The minimum atomic E-state index is -1.05. The Morgan fingerprint density at radius 2 is 2.41 bits per heavy atom. The summed E-state index contributed by atoms with van der Waals surface area (Å²) in [7, 11) is 0. The summed E-state index contributed by atoms with van der Waals surface area (Å²) in [5.41, 5.74) is 0.832. The molecule has 1 unspecified atom stereocenters. The van der Waals surface area contributed by atoms with E-state index >= 15 is 0 Å². The minimum Gasteiger partial charge on any atom is -0.475 e. The molecule has 1 rings (SSSR count). The van der Waals surface area contributed by atoms with E-state index in [0.717, 1.165) is 18.4 Å². The molecule has 0 aliphatic rings. The van der Waals surface area contributed by atoms with Gasteiger partial charge in [-0.1, -0.05) is 19.3 Å². The Bertz CT molecular complexity index is 428. The first-order valence-electron chi connectivity index (χ1n) is 5.60. The molecule has 0 radical (unpaired) electrons. The van der Waals surface area contributed by atoms with Crippen molar-refractivity contribution in [2.75, 3.05) is 0 Å². The summed E-state index contributed by atoms with van der Waals surface area (Å²) in [6.07, 6.45) is 7.29. The van der Waals surface area contributed by atoms with Crippen LogP contribution >= 0.6 is 0 Å². The SMILES string of the molecule is C#CC(CCC)NCc1cc(C(=O)O)oc1C. The van der Waals surface area contributed by atoms with E-state index in [1.54, 1.807) is 6.92 Å². The van der Waals surface area contributed by atoms with E-state index in [1.807, 2.05) is 0 Å². The monoisotopic (exact) mass is 235 g/mol. The number of nitrogens with one attached hydrogen (secondary N) is 1. The topological polar surface area (TPSA) is 62.5 Å². The molecule has 1 aromatic heterocycles. The van der Waals surface area contributed by atoms with Gasteiger partial charge in [-0.2, -0.15) is 0 Å². The van der Waals surface area contributed by atoms with Crippen molar-refractivity contribution < 1.29 is 14.3 Å². The van der Waals surface area contributed by atoms with Crippen LogP contribution in [0.1, 0.15) is 41.6 Å². The smallest absolute Gasteiger partial charge is 0.371 e. The average Bonchev–Trinajstić information content (AvgIpc) is 2.66. The second-order valence-corrected chi connectivity index (χ2v) is 3.89. The van der Waals surface area contributed by atoms with Gasteiger partial charge in [0.2, 0.25) is 5.76 Å². The van der Waals surface area contributed by atoms with Crippen LogP contribution in [0, 0.1) is 19.3 Å². The maximum absolute atomic E-state index is 10.7. The first-order chi connectivity index (χ1) is 8.08. The molecule has 1 heterocycles. The number of aromatic carboxylic acids is 1. The van der Waals surface area contributed by atoms with Gasteiger partial charge in [0.1, 0.15) is 5.76 Å². The molecule has 0 bridgehead atoms. The highest BCUT2D eigenvalue weighted by atomic mass is 16.4. The van der Waals surface area contributed by atoms with Crippen molar-refractivity contribution in [1.82, 2.24) is 5.32 Å². The molecule has 1 atom stereocenters. The van der Waals surface area contributed by atoms with Crippen molar-refractivity contribution in [2.24, 2.45) is 0 Å². The Hall–Kier alpha value is -1.73. The van der Waals surface area contributed by atoms with Gasteiger partial charge in [-0.25, -0.2) is 4.79 Å². The number of rotatable bonds is 6. The van der Waals surface area contributed by atoms with Gasteiger partial charge in [0.05, 0.1) is 6.04 Å². The van der Waals surface area contributed by atoms with E-state index in [-0.39, 0.29) is 11.8 Å². The molecular formula is C13H17NO3. The highest BCUT2D eigenvalue weighted by Crippen LogP contribution is 2.14. The lowest BCUT2D eigenvalue weighted by atomic mass is 10.1. The van der Waals surface area contributed by atoms with Crippen molar-refractivity contribution in [3.63, 3.8) is 0 Å². The first-order valence-corrected chi connectivity index (χ1v) is 5.60. The molecule has 0 aromatic carbocycles.